The SMILES string of the molecule is CNCCC(c1ccc(C)cc1C)C(F)(F)F. The lowest BCUT2D eigenvalue weighted by molar-refractivity contribution is -0.151. The average Bonchev–Trinajstić information content (AvgIpc) is 2.19. The van der Waals surface area contributed by atoms with Crippen LogP contribution in [0.5, 0.6) is 0 Å². The molecule has 1 unspecified atom stereocenters. The molecule has 1 aromatic rings. The summed E-state index contributed by atoms with van der Waals surface area (Å²) >= 11 is 0. The standard InChI is InChI=1S/C13H18F3N/c1-9-4-5-11(10(2)8-9)12(6-7-17-3)13(14,15)16/h4-5,8,12,17H,6-7H2,1-3H3. The minimum Gasteiger partial charge on any atom is -0.320 e. The highest BCUT2D eigenvalue weighted by atomic mass is 19.4. The molecule has 1 nitrogen and oxygen atoms in total. The van der Waals surface area contributed by atoms with E-state index in [4.69, 9.17) is 0 Å². The molecular weight excluding hydrogens is 227 g/mol. The van der Waals surface area contributed by atoms with E-state index in [1.54, 1.807) is 32.2 Å². The summed E-state index contributed by atoms with van der Waals surface area (Å²) in [5.74, 6) is -1.38. The molecule has 0 aliphatic rings. The van der Waals surface area contributed by atoms with E-state index in [0.29, 0.717) is 17.7 Å². The highest BCUT2D eigenvalue weighted by Crippen LogP contribution is 2.38. The van der Waals surface area contributed by atoms with Crippen LogP contribution in [-0.2, 0) is 0 Å². The van der Waals surface area contributed by atoms with Gasteiger partial charge in [-0.3, -0.25) is 0 Å². The normalized spacial score (nSPS) is 13.8. The number of alkyl halides is 3. The summed E-state index contributed by atoms with van der Waals surface area (Å²) in [6.45, 7) is 3.98. The van der Waals surface area contributed by atoms with Crippen LogP contribution in [0.4, 0.5) is 13.2 Å². The van der Waals surface area contributed by atoms with Gasteiger partial charge in [0.15, 0.2) is 0 Å². The van der Waals surface area contributed by atoms with Gasteiger partial charge in [-0.2, -0.15) is 13.2 Å². The highest BCUT2D eigenvalue weighted by Gasteiger charge is 2.40. The van der Waals surface area contributed by atoms with Crippen LogP contribution in [0.3, 0.4) is 0 Å². The molecule has 96 valence electrons. The van der Waals surface area contributed by atoms with Crippen LogP contribution in [0.15, 0.2) is 18.2 Å². The van der Waals surface area contributed by atoms with Crippen molar-refractivity contribution in [1.82, 2.24) is 5.32 Å². The molecule has 0 heterocycles. The predicted molar refractivity (Wildman–Crippen MR) is 63.3 cm³/mol. The quantitative estimate of drug-likeness (QED) is 0.855. The zero-order valence-electron chi connectivity index (χ0n) is 10.4. The summed E-state index contributed by atoms with van der Waals surface area (Å²) in [5.41, 5.74) is 2.09. The second-order valence-electron chi connectivity index (χ2n) is 4.35. The van der Waals surface area contributed by atoms with E-state index in [9.17, 15) is 13.2 Å². The molecule has 0 spiro atoms. The first-order valence-electron chi connectivity index (χ1n) is 5.64. The fraction of sp³-hybridized carbons (Fsp3) is 0.538. The molecule has 0 saturated carbocycles. The molecule has 1 aromatic carbocycles. The first kappa shape index (κ1) is 14.0. The maximum Gasteiger partial charge on any atom is 0.395 e. The Morgan fingerprint density at radius 3 is 2.35 bits per heavy atom. The number of hydrogen-bond donors (Lipinski definition) is 1. The fourth-order valence-electron chi connectivity index (χ4n) is 2.00. The molecule has 0 aliphatic carbocycles. The molecule has 1 rings (SSSR count). The van der Waals surface area contributed by atoms with E-state index in [1.807, 2.05) is 6.92 Å². The summed E-state index contributed by atoms with van der Waals surface area (Å²) in [7, 11) is 1.66. The Labute approximate surface area is 100 Å². The predicted octanol–water partition coefficient (Wildman–Crippen LogP) is 3.56. The molecule has 0 fully saturated rings. The average molecular weight is 245 g/mol. The molecule has 1 atom stereocenters. The summed E-state index contributed by atoms with van der Waals surface area (Å²) in [4.78, 5) is 0. The van der Waals surface area contributed by atoms with Gasteiger partial charge >= 0.3 is 6.18 Å². The lowest BCUT2D eigenvalue weighted by Gasteiger charge is -2.22. The van der Waals surface area contributed by atoms with E-state index >= 15 is 0 Å². The van der Waals surface area contributed by atoms with Crippen molar-refractivity contribution in [2.24, 2.45) is 0 Å². The van der Waals surface area contributed by atoms with Crippen molar-refractivity contribution in [3.05, 3.63) is 34.9 Å². The topological polar surface area (TPSA) is 12.0 Å². The number of hydrogen-bond acceptors (Lipinski definition) is 1. The van der Waals surface area contributed by atoms with E-state index in [2.05, 4.69) is 5.32 Å². The summed E-state index contributed by atoms with van der Waals surface area (Å²) in [6, 6.07) is 5.13. The molecule has 0 aromatic heterocycles. The lowest BCUT2D eigenvalue weighted by Crippen LogP contribution is -2.25. The van der Waals surface area contributed by atoms with Gasteiger partial charge in [-0.05, 0) is 45.0 Å². The van der Waals surface area contributed by atoms with Crippen LogP contribution in [0, 0.1) is 13.8 Å². The molecule has 0 bridgehead atoms. The van der Waals surface area contributed by atoms with E-state index < -0.39 is 12.1 Å². The maximum absolute atomic E-state index is 13.0. The monoisotopic (exact) mass is 245 g/mol. The van der Waals surface area contributed by atoms with Crippen molar-refractivity contribution in [2.45, 2.75) is 32.4 Å². The number of aryl methyl sites for hydroxylation is 2. The van der Waals surface area contributed by atoms with E-state index in [-0.39, 0.29) is 6.42 Å². The van der Waals surface area contributed by atoms with Crippen LogP contribution in [0.2, 0.25) is 0 Å². The first-order chi connectivity index (χ1) is 7.86. The van der Waals surface area contributed by atoms with Crippen molar-refractivity contribution in [3.63, 3.8) is 0 Å². The van der Waals surface area contributed by atoms with E-state index in [1.165, 1.54) is 0 Å². The maximum atomic E-state index is 13.0. The first-order valence-corrected chi connectivity index (χ1v) is 5.64. The third kappa shape index (κ3) is 3.73. The van der Waals surface area contributed by atoms with Gasteiger partial charge in [0.2, 0.25) is 0 Å². The summed E-state index contributed by atoms with van der Waals surface area (Å²) in [5, 5.41) is 2.77. The van der Waals surface area contributed by atoms with E-state index in [0.717, 1.165) is 5.56 Å². The minimum absolute atomic E-state index is 0.0733. The van der Waals surface area contributed by atoms with Crippen LogP contribution in [0.1, 0.15) is 29.0 Å². The van der Waals surface area contributed by atoms with Crippen molar-refractivity contribution >= 4 is 0 Å². The van der Waals surface area contributed by atoms with Crippen molar-refractivity contribution in [1.29, 1.82) is 0 Å². The van der Waals surface area contributed by atoms with Crippen molar-refractivity contribution in [3.8, 4) is 0 Å². The van der Waals surface area contributed by atoms with Gasteiger partial charge in [0.05, 0.1) is 5.92 Å². The Morgan fingerprint density at radius 2 is 1.88 bits per heavy atom. The second kappa shape index (κ2) is 5.54. The molecule has 0 amide bonds. The minimum atomic E-state index is -4.18. The van der Waals surface area contributed by atoms with Crippen molar-refractivity contribution in [2.75, 3.05) is 13.6 Å². The Hall–Kier alpha value is -1.03. The smallest absolute Gasteiger partial charge is 0.320 e. The molecule has 17 heavy (non-hydrogen) atoms. The number of nitrogens with one attached hydrogen (secondary N) is 1. The van der Waals surface area contributed by atoms with Crippen LogP contribution in [-0.4, -0.2) is 19.8 Å². The van der Waals surface area contributed by atoms with Gasteiger partial charge in [-0.15, -0.1) is 0 Å². The summed E-state index contributed by atoms with van der Waals surface area (Å²) < 4.78 is 38.9. The third-order valence-electron chi connectivity index (χ3n) is 2.88. The molecule has 1 N–H and O–H groups in total. The van der Waals surface area contributed by atoms with Gasteiger partial charge in [0.25, 0.3) is 0 Å². The van der Waals surface area contributed by atoms with Gasteiger partial charge in [-0.1, -0.05) is 23.8 Å². The molecular formula is C13H18F3N. The summed E-state index contributed by atoms with van der Waals surface area (Å²) in [6.07, 6.45) is -4.11. The van der Waals surface area contributed by atoms with Gasteiger partial charge in [0.1, 0.15) is 0 Å². The highest BCUT2D eigenvalue weighted by molar-refractivity contribution is 5.34. The zero-order chi connectivity index (χ0) is 13.1. The van der Waals surface area contributed by atoms with Crippen LogP contribution < -0.4 is 5.32 Å². The van der Waals surface area contributed by atoms with Gasteiger partial charge in [-0.25, -0.2) is 0 Å². The van der Waals surface area contributed by atoms with Crippen LogP contribution in [0.25, 0.3) is 0 Å². The Bertz CT molecular complexity index is 371. The number of halogens is 3. The number of benzene rings is 1. The van der Waals surface area contributed by atoms with Gasteiger partial charge < -0.3 is 5.32 Å². The number of rotatable bonds is 4. The lowest BCUT2D eigenvalue weighted by atomic mass is 9.90. The molecule has 4 heteroatoms. The molecule has 0 radical (unpaired) electrons. The van der Waals surface area contributed by atoms with Crippen molar-refractivity contribution < 1.29 is 13.2 Å². The largest absolute Gasteiger partial charge is 0.395 e. The molecule has 0 aliphatic heterocycles. The second-order valence-corrected chi connectivity index (χ2v) is 4.35. The Morgan fingerprint density at radius 1 is 1.24 bits per heavy atom. The fourth-order valence-corrected chi connectivity index (χ4v) is 2.00. The Balaban J connectivity index is 3.04. The van der Waals surface area contributed by atoms with Crippen LogP contribution >= 0.6 is 0 Å². The zero-order valence-corrected chi connectivity index (χ0v) is 10.4. The van der Waals surface area contributed by atoms with Gasteiger partial charge in [0, 0.05) is 0 Å². The Kier molecular flexibility index (Phi) is 4.57. The molecule has 0 saturated heterocycles. The third-order valence-corrected chi connectivity index (χ3v) is 2.88.